The molecular weight excluding hydrogens is 588 g/mol. The van der Waals surface area contributed by atoms with Gasteiger partial charge < -0.3 is 9.84 Å². The van der Waals surface area contributed by atoms with Crippen molar-refractivity contribution in [3.63, 3.8) is 0 Å². The Balaban J connectivity index is 1.76. The molecule has 1 unspecified atom stereocenters. The lowest BCUT2D eigenvalue weighted by molar-refractivity contribution is 0.0605. The number of benzene rings is 1. The lowest BCUT2D eigenvalue weighted by Gasteiger charge is -2.13. The maximum Gasteiger partial charge on any atom is 0.339 e. The van der Waals surface area contributed by atoms with Gasteiger partial charge in [-0.2, -0.15) is 0 Å². The van der Waals surface area contributed by atoms with E-state index in [2.05, 4.69) is 38.8 Å². The van der Waals surface area contributed by atoms with E-state index < -0.39 is 12.1 Å². The van der Waals surface area contributed by atoms with Crippen LogP contribution in [0, 0.1) is 0 Å². The molecule has 0 aliphatic carbocycles. The molecule has 0 saturated carbocycles. The Morgan fingerprint density at radius 2 is 1.36 bits per heavy atom. The van der Waals surface area contributed by atoms with Gasteiger partial charge in [0.25, 0.3) is 0 Å². The lowest BCUT2D eigenvalue weighted by Crippen LogP contribution is -2.21. The van der Waals surface area contributed by atoms with Gasteiger partial charge in [0, 0.05) is 21.0 Å². The summed E-state index contributed by atoms with van der Waals surface area (Å²) >= 11 is 9.79. The topological polar surface area (TPSA) is 63.6 Å². The van der Waals surface area contributed by atoms with Gasteiger partial charge in [-0.1, -0.05) is 64.7 Å². The van der Waals surface area contributed by atoms with Crippen LogP contribution in [-0.2, 0) is 4.74 Å². The molecule has 3 aromatic rings. The molecule has 0 spiro atoms. The molecular formula is C25H30Br2O4S2. The van der Waals surface area contributed by atoms with Gasteiger partial charge in [-0.15, -0.1) is 22.7 Å². The van der Waals surface area contributed by atoms with E-state index in [4.69, 9.17) is 4.74 Å². The van der Waals surface area contributed by atoms with Gasteiger partial charge in [0.1, 0.15) is 6.10 Å². The van der Waals surface area contributed by atoms with Crippen LogP contribution in [0.1, 0.15) is 91.8 Å². The van der Waals surface area contributed by atoms with Gasteiger partial charge in [0.2, 0.25) is 0 Å². The number of unbranched alkanes of at least 4 members (excludes halogenated alkanes) is 8. The lowest BCUT2D eigenvalue weighted by atomic mass is 9.95. The van der Waals surface area contributed by atoms with Gasteiger partial charge in [-0.25, -0.2) is 4.79 Å². The molecule has 4 nitrogen and oxygen atoms in total. The number of aliphatic hydroxyl groups is 1. The van der Waals surface area contributed by atoms with Crippen molar-refractivity contribution in [3.05, 3.63) is 30.8 Å². The number of hydrogen-bond donors (Lipinski definition) is 1. The van der Waals surface area contributed by atoms with Crippen LogP contribution in [0.15, 0.2) is 19.7 Å². The molecule has 0 radical (unpaired) electrons. The zero-order valence-corrected chi connectivity index (χ0v) is 23.9. The summed E-state index contributed by atoms with van der Waals surface area (Å²) in [6.45, 7) is 2.23. The molecule has 0 bridgehead atoms. The van der Waals surface area contributed by atoms with Crippen LogP contribution < -0.4 is 0 Å². The number of carbonyl (C=O) groups excluding carboxylic acids is 2. The minimum atomic E-state index is -1.05. The highest BCUT2D eigenvalue weighted by Gasteiger charge is 2.29. The number of ether oxygens (including phenoxy) is 1. The first kappa shape index (κ1) is 26.8. The predicted octanol–water partition coefficient (Wildman–Crippen LogP) is 8.89. The molecule has 0 aliphatic heterocycles. The molecule has 3 rings (SSSR count). The zero-order chi connectivity index (χ0) is 24.0. The van der Waals surface area contributed by atoms with E-state index in [1.54, 1.807) is 0 Å². The highest BCUT2D eigenvalue weighted by atomic mass is 79.9. The fourth-order valence-electron chi connectivity index (χ4n) is 4.20. The van der Waals surface area contributed by atoms with Gasteiger partial charge in [-0.05, 0) is 50.4 Å². The van der Waals surface area contributed by atoms with E-state index in [1.807, 2.05) is 12.1 Å². The van der Waals surface area contributed by atoms with Gasteiger partial charge in [0.15, 0.2) is 5.78 Å². The second kappa shape index (κ2) is 12.8. The van der Waals surface area contributed by atoms with Crippen LogP contribution in [-0.4, -0.2) is 30.1 Å². The number of carbonyl (C=O) groups is 2. The highest BCUT2D eigenvalue weighted by Crippen LogP contribution is 2.44. The number of Topliss-reactive ketones (excluding diaryl/α,β-unsaturated/α-hetero) is 1. The van der Waals surface area contributed by atoms with Gasteiger partial charge in [0.05, 0.1) is 24.9 Å². The fraction of sp³-hybridized carbons (Fsp3) is 0.520. The molecule has 0 saturated heterocycles. The Kier molecular flexibility index (Phi) is 10.4. The Morgan fingerprint density at radius 1 is 0.879 bits per heavy atom. The third-order valence-electron chi connectivity index (χ3n) is 5.92. The van der Waals surface area contributed by atoms with Gasteiger partial charge in [-0.3, -0.25) is 4.79 Å². The highest BCUT2D eigenvalue weighted by molar-refractivity contribution is 9.11. The average Bonchev–Trinajstić information content (AvgIpc) is 3.36. The molecule has 180 valence electrons. The fourth-order valence-corrected chi connectivity index (χ4v) is 7.53. The Labute approximate surface area is 220 Å². The van der Waals surface area contributed by atoms with Gasteiger partial charge >= 0.3 is 5.97 Å². The molecule has 33 heavy (non-hydrogen) atoms. The van der Waals surface area contributed by atoms with Crippen molar-refractivity contribution in [2.45, 2.75) is 77.2 Å². The number of hydrogen-bond acceptors (Lipinski definition) is 6. The largest absolute Gasteiger partial charge is 0.465 e. The van der Waals surface area contributed by atoms with E-state index in [0.29, 0.717) is 37.7 Å². The van der Waals surface area contributed by atoms with Crippen molar-refractivity contribution in [1.29, 1.82) is 0 Å². The molecule has 1 N–H and O–H groups in total. The minimum absolute atomic E-state index is 0.277. The average molecular weight is 618 g/mol. The van der Waals surface area contributed by atoms with E-state index in [9.17, 15) is 14.7 Å². The summed E-state index contributed by atoms with van der Waals surface area (Å²) in [6, 6.07) is 3.71. The quantitative estimate of drug-likeness (QED) is 0.118. The van der Waals surface area contributed by atoms with Crippen LogP contribution in [0.25, 0.3) is 20.2 Å². The summed E-state index contributed by atoms with van der Waals surface area (Å²) in [5.41, 5.74) is 0.957. The molecule has 0 fully saturated rings. The third kappa shape index (κ3) is 6.45. The van der Waals surface area contributed by atoms with Crippen LogP contribution >= 0.6 is 54.5 Å². The SMILES string of the molecule is CCCCCCCCCCCC(O)C(=O)c1c2cc(Br)sc2c(C(=O)OC)c2cc(Br)sc12. The summed E-state index contributed by atoms with van der Waals surface area (Å²) < 4.78 is 8.09. The minimum Gasteiger partial charge on any atom is -0.465 e. The number of aliphatic hydroxyl groups excluding tert-OH is 1. The van der Waals surface area contributed by atoms with Crippen molar-refractivity contribution in [2.75, 3.05) is 7.11 Å². The number of halogens is 2. The maximum atomic E-state index is 13.4. The number of esters is 1. The second-order valence-corrected chi connectivity index (χ2v) is 13.2. The Morgan fingerprint density at radius 3 is 1.91 bits per heavy atom. The number of methoxy groups -OCH3 is 1. The first-order chi connectivity index (χ1) is 15.9. The number of fused-ring (bicyclic) bond motifs is 2. The van der Waals surface area contributed by atoms with Crippen molar-refractivity contribution >= 4 is 86.5 Å². The molecule has 2 heterocycles. The van der Waals surface area contributed by atoms with E-state index in [0.717, 1.165) is 26.8 Å². The van der Waals surface area contributed by atoms with Crippen molar-refractivity contribution in [1.82, 2.24) is 0 Å². The number of ketones is 1. The van der Waals surface area contributed by atoms with Crippen LogP contribution in [0.3, 0.4) is 0 Å². The van der Waals surface area contributed by atoms with Crippen molar-refractivity contribution < 1.29 is 19.4 Å². The van der Waals surface area contributed by atoms with Crippen LogP contribution in [0.4, 0.5) is 0 Å². The summed E-state index contributed by atoms with van der Waals surface area (Å²) in [5, 5.41) is 12.1. The van der Waals surface area contributed by atoms with Crippen LogP contribution in [0.2, 0.25) is 0 Å². The van der Waals surface area contributed by atoms with E-state index in [1.165, 1.54) is 68.3 Å². The molecule has 0 aliphatic rings. The summed E-state index contributed by atoms with van der Waals surface area (Å²) in [6.07, 6.45) is 10.1. The van der Waals surface area contributed by atoms with Crippen molar-refractivity contribution in [2.24, 2.45) is 0 Å². The zero-order valence-electron chi connectivity index (χ0n) is 19.0. The monoisotopic (exact) mass is 616 g/mol. The first-order valence-electron chi connectivity index (χ1n) is 11.5. The summed E-state index contributed by atoms with van der Waals surface area (Å²) in [7, 11) is 1.36. The smallest absolute Gasteiger partial charge is 0.339 e. The first-order valence-corrected chi connectivity index (χ1v) is 14.8. The molecule has 2 aromatic heterocycles. The van der Waals surface area contributed by atoms with Crippen molar-refractivity contribution in [3.8, 4) is 0 Å². The molecule has 1 aromatic carbocycles. The van der Waals surface area contributed by atoms with E-state index in [-0.39, 0.29) is 5.78 Å². The standard InChI is InChI=1S/C25H30Br2O4S2/c1-3-4-5-6-7-8-9-10-11-12-17(28)22(29)20-15-13-18(26)33-24(15)21(25(30)31-2)16-14-19(27)32-23(16)20/h13-14,17,28H,3-12H2,1-2H3. The molecule has 0 amide bonds. The normalized spacial score (nSPS) is 12.5. The summed E-state index contributed by atoms with van der Waals surface area (Å²) in [5.74, 6) is -0.709. The third-order valence-corrected chi connectivity index (χ3v) is 9.23. The number of rotatable bonds is 13. The number of thiophene rings is 2. The van der Waals surface area contributed by atoms with E-state index >= 15 is 0 Å². The molecule has 1 atom stereocenters. The Hall–Kier alpha value is -0.800. The maximum absolute atomic E-state index is 13.4. The predicted molar refractivity (Wildman–Crippen MR) is 146 cm³/mol. The Bertz CT molecular complexity index is 1060. The second-order valence-electron chi connectivity index (χ2n) is 8.33. The molecule has 8 heteroatoms. The summed E-state index contributed by atoms with van der Waals surface area (Å²) in [4.78, 5) is 26.0. The van der Waals surface area contributed by atoms with Crippen LogP contribution in [0.5, 0.6) is 0 Å².